The predicted molar refractivity (Wildman–Crippen MR) is 136 cm³/mol. The van der Waals surface area contributed by atoms with E-state index in [4.69, 9.17) is 4.74 Å². The Kier molecular flexibility index (Phi) is 8.36. The Labute approximate surface area is 211 Å². The number of amidine groups is 1. The Morgan fingerprint density at radius 2 is 1.72 bits per heavy atom. The van der Waals surface area contributed by atoms with Gasteiger partial charge in [0, 0.05) is 39.2 Å². The molecule has 0 spiro atoms. The van der Waals surface area contributed by atoms with Crippen molar-refractivity contribution in [3.05, 3.63) is 58.7 Å². The van der Waals surface area contributed by atoms with Gasteiger partial charge < -0.3 is 14.7 Å². The fraction of sp³-hybridized carbons (Fsp3) is 0.400. The smallest absolute Gasteiger partial charge is 0.413 e. The molecule has 11 heteroatoms. The SMILES string of the molecule is COc1cc(C)c(S(=O)(=O)N(C)CCC(=O)N(C)Cc2ccc(C3=NCCN3C(=O)O)cc2)c(C)c1. The molecule has 3 rings (SSSR count). The highest BCUT2D eigenvalue weighted by molar-refractivity contribution is 7.89. The molecule has 0 aromatic heterocycles. The molecule has 0 atom stereocenters. The van der Waals surface area contributed by atoms with E-state index in [0.717, 1.165) is 5.56 Å². The second-order valence-corrected chi connectivity index (χ2v) is 10.7. The standard InChI is InChI=1S/C25H32N4O6S/c1-17-14-21(35-5)15-18(2)23(17)36(33,34)28(4)12-10-22(30)27(3)16-19-6-8-20(9-7-19)24-26-11-13-29(24)25(31)32/h6-9,14-15H,10-13,16H2,1-5H3,(H,31,32). The van der Waals surface area contributed by atoms with Crippen molar-refractivity contribution < 1.29 is 27.9 Å². The minimum Gasteiger partial charge on any atom is -0.497 e. The molecule has 1 heterocycles. The van der Waals surface area contributed by atoms with Gasteiger partial charge in [0.15, 0.2) is 0 Å². The maximum absolute atomic E-state index is 13.2. The van der Waals surface area contributed by atoms with Crippen LogP contribution in [-0.4, -0.2) is 86.3 Å². The van der Waals surface area contributed by atoms with Crippen molar-refractivity contribution in [3.8, 4) is 5.75 Å². The fourth-order valence-corrected chi connectivity index (χ4v) is 5.73. The molecule has 2 aromatic rings. The third-order valence-electron chi connectivity index (χ3n) is 6.11. The zero-order valence-electron chi connectivity index (χ0n) is 21.2. The number of carboxylic acid groups (broad SMARTS) is 1. The molecular formula is C25H32N4O6S. The predicted octanol–water partition coefficient (Wildman–Crippen LogP) is 2.72. The van der Waals surface area contributed by atoms with Crippen LogP contribution >= 0.6 is 0 Å². The summed E-state index contributed by atoms with van der Waals surface area (Å²) in [5.41, 5.74) is 2.73. The van der Waals surface area contributed by atoms with Crippen molar-refractivity contribution in [2.24, 2.45) is 4.99 Å². The average Bonchev–Trinajstić information content (AvgIpc) is 3.32. The van der Waals surface area contributed by atoms with Crippen LogP contribution in [0.25, 0.3) is 0 Å². The van der Waals surface area contributed by atoms with Crippen molar-refractivity contribution in [2.45, 2.75) is 31.7 Å². The summed E-state index contributed by atoms with van der Waals surface area (Å²) in [4.78, 5) is 31.3. The third kappa shape index (κ3) is 5.85. The largest absolute Gasteiger partial charge is 0.497 e. The molecule has 2 aromatic carbocycles. The van der Waals surface area contributed by atoms with Gasteiger partial charge in [-0.05, 0) is 42.7 Å². The molecule has 0 radical (unpaired) electrons. The van der Waals surface area contributed by atoms with E-state index < -0.39 is 16.1 Å². The molecular weight excluding hydrogens is 484 g/mol. The van der Waals surface area contributed by atoms with E-state index in [0.29, 0.717) is 47.9 Å². The zero-order chi connectivity index (χ0) is 26.6. The van der Waals surface area contributed by atoms with Crippen molar-refractivity contribution in [1.82, 2.24) is 14.1 Å². The zero-order valence-corrected chi connectivity index (χ0v) is 22.0. The first kappa shape index (κ1) is 27.2. The van der Waals surface area contributed by atoms with E-state index in [1.807, 2.05) is 12.1 Å². The number of sulfonamides is 1. The number of hydrogen-bond donors (Lipinski definition) is 1. The number of aliphatic imine (C=N–C) groups is 1. The van der Waals surface area contributed by atoms with E-state index in [9.17, 15) is 23.1 Å². The van der Waals surface area contributed by atoms with E-state index in [2.05, 4.69) is 4.99 Å². The number of nitrogens with zero attached hydrogens (tertiary/aromatic N) is 4. The molecule has 1 aliphatic heterocycles. The van der Waals surface area contributed by atoms with Gasteiger partial charge >= 0.3 is 6.09 Å². The van der Waals surface area contributed by atoms with Crippen LogP contribution in [0.5, 0.6) is 5.75 Å². The van der Waals surface area contributed by atoms with Crippen LogP contribution in [0.2, 0.25) is 0 Å². The monoisotopic (exact) mass is 516 g/mol. The molecule has 194 valence electrons. The van der Waals surface area contributed by atoms with Crippen LogP contribution in [0.4, 0.5) is 4.79 Å². The van der Waals surface area contributed by atoms with Crippen molar-refractivity contribution in [2.75, 3.05) is 40.8 Å². The van der Waals surface area contributed by atoms with E-state index >= 15 is 0 Å². The number of hydrogen-bond acceptors (Lipinski definition) is 6. The van der Waals surface area contributed by atoms with Crippen LogP contribution in [0, 0.1) is 13.8 Å². The Hall–Kier alpha value is -3.44. The normalized spacial score (nSPS) is 13.6. The van der Waals surface area contributed by atoms with Crippen molar-refractivity contribution >= 4 is 27.9 Å². The number of rotatable bonds is 9. The van der Waals surface area contributed by atoms with Gasteiger partial charge in [0.1, 0.15) is 11.6 Å². The molecule has 0 saturated carbocycles. The van der Waals surface area contributed by atoms with Crippen molar-refractivity contribution in [3.63, 3.8) is 0 Å². The molecule has 0 saturated heterocycles. The molecule has 36 heavy (non-hydrogen) atoms. The van der Waals surface area contributed by atoms with E-state index in [1.165, 1.54) is 28.3 Å². The van der Waals surface area contributed by atoms with Gasteiger partial charge in [0.2, 0.25) is 15.9 Å². The third-order valence-corrected chi connectivity index (χ3v) is 8.27. The highest BCUT2D eigenvalue weighted by Gasteiger charge is 2.27. The first-order valence-corrected chi connectivity index (χ1v) is 12.9. The van der Waals surface area contributed by atoms with Gasteiger partial charge in [-0.2, -0.15) is 0 Å². The lowest BCUT2D eigenvalue weighted by Crippen LogP contribution is -2.34. The lowest BCUT2D eigenvalue weighted by molar-refractivity contribution is -0.130. The van der Waals surface area contributed by atoms with E-state index in [-0.39, 0.29) is 23.8 Å². The number of amides is 2. The van der Waals surface area contributed by atoms with Crippen LogP contribution in [-0.2, 0) is 21.4 Å². The van der Waals surface area contributed by atoms with E-state index in [1.54, 1.807) is 45.2 Å². The molecule has 0 aliphatic carbocycles. The molecule has 1 aliphatic rings. The topological polar surface area (TPSA) is 120 Å². The summed E-state index contributed by atoms with van der Waals surface area (Å²) in [6.07, 6.45) is -1.01. The second-order valence-electron chi connectivity index (χ2n) is 8.75. The van der Waals surface area contributed by atoms with Crippen molar-refractivity contribution in [1.29, 1.82) is 0 Å². The Morgan fingerprint density at radius 1 is 1.11 bits per heavy atom. The Morgan fingerprint density at radius 3 is 2.28 bits per heavy atom. The number of methoxy groups -OCH3 is 1. The molecule has 0 fully saturated rings. The summed E-state index contributed by atoms with van der Waals surface area (Å²) in [7, 11) is 0.882. The van der Waals surface area contributed by atoms with Gasteiger partial charge in [-0.3, -0.25) is 14.7 Å². The molecule has 10 nitrogen and oxygen atoms in total. The molecule has 0 unspecified atom stereocenters. The fourth-order valence-electron chi connectivity index (χ4n) is 4.16. The van der Waals surface area contributed by atoms with Crippen LogP contribution < -0.4 is 4.74 Å². The highest BCUT2D eigenvalue weighted by Crippen LogP contribution is 2.28. The van der Waals surface area contributed by atoms with Crippen LogP contribution in [0.15, 0.2) is 46.3 Å². The quantitative estimate of drug-likeness (QED) is 0.547. The van der Waals surface area contributed by atoms with Gasteiger partial charge in [0.05, 0.1) is 25.1 Å². The Balaban J connectivity index is 1.60. The maximum atomic E-state index is 13.2. The number of aryl methyl sites for hydroxylation is 2. The number of ether oxygens (including phenoxy) is 1. The number of carbonyl (C=O) groups excluding carboxylic acids is 1. The second kappa shape index (κ2) is 11.1. The summed E-state index contributed by atoms with van der Waals surface area (Å²) in [6, 6.07) is 10.6. The lowest BCUT2D eigenvalue weighted by atomic mass is 10.1. The first-order valence-electron chi connectivity index (χ1n) is 11.5. The summed E-state index contributed by atoms with van der Waals surface area (Å²) in [5.74, 6) is 0.818. The minimum atomic E-state index is -3.78. The highest BCUT2D eigenvalue weighted by atomic mass is 32.2. The summed E-state index contributed by atoms with van der Waals surface area (Å²) in [6.45, 7) is 4.59. The minimum absolute atomic E-state index is 0.0307. The summed E-state index contributed by atoms with van der Waals surface area (Å²) >= 11 is 0. The Bertz CT molecular complexity index is 1250. The first-order chi connectivity index (χ1) is 16.9. The van der Waals surface area contributed by atoms with Gasteiger partial charge in [-0.25, -0.2) is 17.5 Å². The average molecular weight is 517 g/mol. The molecule has 2 amide bonds. The molecule has 1 N–H and O–H groups in total. The van der Waals surface area contributed by atoms with Gasteiger partial charge in [-0.1, -0.05) is 24.3 Å². The van der Waals surface area contributed by atoms with Gasteiger partial charge in [0.25, 0.3) is 0 Å². The van der Waals surface area contributed by atoms with Crippen LogP contribution in [0.3, 0.4) is 0 Å². The van der Waals surface area contributed by atoms with Gasteiger partial charge in [-0.15, -0.1) is 0 Å². The molecule has 0 bridgehead atoms. The summed E-state index contributed by atoms with van der Waals surface area (Å²) < 4.78 is 32.7. The number of benzene rings is 2. The number of carbonyl (C=O) groups is 2. The summed E-state index contributed by atoms with van der Waals surface area (Å²) in [5, 5.41) is 9.29. The van der Waals surface area contributed by atoms with Crippen LogP contribution in [0.1, 0.15) is 28.7 Å². The lowest BCUT2D eigenvalue weighted by Gasteiger charge is -2.22. The maximum Gasteiger partial charge on any atom is 0.413 e.